The van der Waals surface area contributed by atoms with Crippen LogP contribution in [-0.4, -0.2) is 22.8 Å². The highest BCUT2D eigenvalue weighted by Gasteiger charge is 2.06. The lowest BCUT2D eigenvalue weighted by Gasteiger charge is -2.05. The number of carbonyl (C=O) groups excluding carboxylic acids is 1. The molecule has 0 unspecified atom stereocenters. The summed E-state index contributed by atoms with van der Waals surface area (Å²) in [5.74, 6) is -0.296. The zero-order valence-electron chi connectivity index (χ0n) is 9.64. The largest absolute Gasteiger partial charge is 0.508 e. The topological polar surface area (TPSA) is 66.8 Å². The summed E-state index contributed by atoms with van der Waals surface area (Å²) in [5, 5.41) is 18.8. The van der Waals surface area contributed by atoms with Gasteiger partial charge in [-0.3, -0.25) is 0 Å². The van der Waals surface area contributed by atoms with E-state index in [-0.39, 0.29) is 11.5 Å². The number of phenolic OH excluding ortho intramolecular Hbond substituents is 2. The number of thioether (sulfide) groups is 1. The van der Waals surface area contributed by atoms with E-state index in [9.17, 15) is 15.0 Å². The van der Waals surface area contributed by atoms with Crippen molar-refractivity contribution in [3.63, 3.8) is 0 Å². The monoisotopic (exact) mass is 254 g/mol. The van der Waals surface area contributed by atoms with Crippen molar-refractivity contribution in [2.75, 3.05) is 6.61 Å². The molecule has 1 rings (SSSR count). The van der Waals surface area contributed by atoms with Crippen molar-refractivity contribution < 1.29 is 19.7 Å². The second kappa shape index (κ2) is 6.20. The minimum absolute atomic E-state index is 0.0596. The highest BCUT2D eigenvalue weighted by atomic mass is 32.2. The van der Waals surface area contributed by atoms with Crippen LogP contribution in [0.25, 0.3) is 0 Å². The van der Waals surface area contributed by atoms with E-state index in [2.05, 4.69) is 0 Å². The molecule has 0 aliphatic carbocycles. The minimum atomic E-state index is -0.419. The predicted molar refractivity (Wildman–Crippen MR) is 66.0 cm³/mol. The number of rotatable bonds is 4. The van der Waals surface area contributed by atoms with Crippen molar-refractivity contribution in [2.24, 2.45) is 0 Å². The Morgan fingerprint density at radius 2 is 2.18 bits per heavy atom. The molecule has 0 aromatic heterocycles. The Balaban J connectivity index is 2.77. The molecular weight excluding hydrogens is 240 g/mol. The SMILES string of the molecule is CCOC(=O)/C=C(/C)Sc1cc(O)ccc1O. The van der Waals surface area contributed by atoms with Crippen LogP contribution < -0.4 is 0 Å². The molecule has 0 radical (unpaired) electrons. The standard InChI is InChI=1S/C12H14O4S/c1-3-16-12(15)6-8(2)17-11-7-9(13)4-5-10(11)14/h4-7,13-14H,3H2,1-2H3/b8-6-. The van der Waals surface area contributed by atoms with E-state index in [1.807, 2.05) is 0 Å². The molecule has 0 bridgehead atoms. The maximum atomic E-state index is 11.2. The fourth-order valence-electron chi connectivity index (χ4n) is 1.14. The van der Waals surface area contributed by atoms with Gasteiger partial charge in [0, 0.05) is 6.08 Å². The van der Waals surface area contributed by atoms with Crippen molar-refractivity contribution in [1.82, 2.24) is 0 Å². The molecule has 0 aliphatic rings. The molecule has 0 amide bonds. The van der Waals surface area contributed by atoms with Gasteiger partial charge in [-0.1, -0.05) is 11.8 Å². The minimum Gasteiger partial charge on any atom is -0.508 e. The Kier molecular flexibility index (Phi) is 4.90. The summed E-state index contributed by atoms with van der Waals surface area (Å²) in [6, 6.07) is 4.22. The van der Waals surface area contributed by atoms with Crippen LogP contribution in [-0.2, 0) is 9.53 Å². The second-order valence-electron chi connectivity index (χ2n) is 3.26. The Morgan fingerprint density at radius 3 is 2.82 bits per heavy atom. The highest BCUT2D eigenvalue weighted by Crippen LogP contribution is 2.35. The summed E-state index contributed by atoms with van der Waals surface area (Å²) in [7, 11) is 0. The Hall–Kier alpha value is -1.62. The number of carbonyl (C=O) groups is 1. The highest BCUT2D eigenvalue weighted by molar-refractivity contribution is 8.03. The summed E-state index contributed by atoms with van der Waals surface area (Å²) in [6.07, 6.45) is 1.34. The van der Waals surface area contributed by atoms with Gasteiger partial charge in [0.15, 0.2) is 0 Å². The lowest BCUT2D eigenvalue weighted by Crippen LogP contribution is -1.99. The maximum Gasteiger partial charge on any atom is 0.331 e. The number of aromatic hydroxyl groups is 2. The van der Waals surface area contributed by atoms with Crippen LogP contribution in [0.15, 0.2) is 34.1 Å². The lowest BCUT2D eigenvalue weighted by atomic mass is 10.3. The molecule has 5 heteroatoms. The van der Waals surface area contributed by atoms with E-state index in [4.69, 9.17) is 4.74 Å². The number of benzene rings is 1. The molecule has 0 heterocycles. The van der Waals surface area contributed by atoms with Crippen molar-refractivity contribution in [2.45, 2.75) is 18.7 Å². The second-order valence-corrected chi connectivity index (χ2v) is 4.55. The van der Waals surface area contributed by atoms with Crippen molar-refractivity contribution in [1.29, 1.82) is 0 Å². The van der Waals surface area contributed by atoms with Crippen LogP contribution in [0.3, 0.4) is 0 Å². The van der Waals surface area contributed by atoms with Gasteiger partial charge in [0.1, 0.15) is 11.5 Å². The number of allylic oxidation sites excluding steroid dienone is 1. The number of ether oxygens (including phenoxy) is 1. The van der Waals surface area contributed by atoms with E-state index < -0.39 is 5.97 Å². The van der Waals surface area contributed by atoms with Gasteiger partial charge in [0.2, 0.25) is 0 Å². The van der Waals surface area contributed by atoms with Crippen molar-refractivity contribution >= 4 is 17.7 Å². The first-order chi connectivity index (χ1) is 8.02. The molecule has 17 heavy (non-hydrogen) atoms. The van der Waals surface area contributed by atoms with Gasteiger partial charge < -0.3 is 14.9 Å². The van der Waals surface area contributed by atoms with Crippen LogP contribution in [0.5, 0.6) is 11.5 Å². The first-order valence-electron chi connectivity index (χ1n) is 5.07. The normalized spacial score (nSPS) is 11.3. The van der Waals surface area contributed by atoms with Gasteiger partial charge in [0.05, 0.1) is 11.5 Å². The molecule has 0 saturated heterocycles. The fourth-order valence-corrected chi connectivity index (χ4v) is 1.99. The number of esters is 1. The smallest absolute Gasteiger partial charge is 0.331 e. The van der Waals surface area contributed by atoms with Crippen LogP contribution >= 0.6 is 11.8 Å². The molecule has 0 atom stereocenters. The molecule has 4 nitrogen and oxygen atoms in total. The lowest BCUT2D eigenvalue weighted by molar-refractivity contribution is -0.137. The van der Waals surface area contributed by atoms with Gasteiger partial charge in [-0.25, -0.2) is 4.79 Å². The zero-order valence-corrected chi connectivity index (χ0v) is 10.5. The third-order valence-corrected chi connectivity index (χ3v) is 2.81. The number of hydrogen-bond acceptors (Lipinski definition) is 5. The first-order valence-corrected chi connectivity index (χ1v) is 5.89. The van der Waals surface area contributed by atoms with Gasteiger partial charge in [-0.2, -0.15) is 0 Å². The molecule has 1 aromatic carbocycles. The Morgan fingerprint density at radius 1 is 1.47 bits per heavy atom. The Labute approximate surface area is 104 Å². The van der Waals surface area contributed by atoms with Gasteiger partial charge in [-0.05, 0) is 37.0 Å². The molecule has 0 fully saturated rings. The number of hydrogen-bond donors (Lipinski definition) is 2. The molecule has 1 aromatic rings. The first kappa shape index (κ1) is 13.4. The quantitative estimate of drug-likeness (QED) is 0.374. The van der Waals surface area contributed by atoms with E-state index >= 15 is 0 Å². The number of phenols is 2. The van der Waals surface area contributed by atoms with Gasteiger partial charge in [0.25, 0.3) is 0 Å². The molecule has 0 aliphatic heterocycles. The van der Waals surface area contributed by atoms with Gasteiger partial charge in [-0.15, -0.1) is 0 Å². The molecule has 0 saturated carbocycles. The zero-order chi connectivity index (χ0) is 12.8. The summed E-state index contributed by atoms with van der Waals surface area (Å²) in [5.41, 5.74) is 0. The van der Waals surface area contributed by atoms with E-state index in [0.717, 1.165) is 0 Å². The molecule has 92 valence electrons. The van der Waals surface area contributed by atoms with Crippen molar-refractivity contribution in [3.05, 3.63) is 29.2 Å². The van der Waals surface area contributed by atoms with E-state index in [0.29, 0.717) is 16.4 Å². The fraction of sp³-hybridized carbons (Fsp3) is 0.250. The predicted octanol–water partition coefficient (Wildman–Crippen LogP) is 2.66. The van der Waals surface area contributed by atoms with Crippen LogP contribution in [0, 0.1) is 0 Å². The average Bonchev–Trinajstić information content (AvgIpc) is 2.23. The van der Waals surface area contributed by atoms with Crippen LogP contribution in [0.1, 0.15) is 13.8 Å². The maximum absolute atomic E-state index is 11.2. The van der Waals surface area contributed by atoms with Crippen LogP contribution in [0.2, 0.25) is 0 Å². The average molecular weight is 254 g/mol. The van der Waals surface area contributed by atoms with Gasteiger partial charge >= 0.3 is 5.97 Å². The molecule has 0 spiro atoms. The summed E-state index contributed by atoms with van der Waals surface area (Å²) >= 11 is 1.19. The Bertz CT molecular complexity index is 440. The summed E-state index contributed by atoms with van der Waals surface area (Å²) in [4.78, 5) is 12.3. The van der Waals surface area contributed by atoms with E-state index in [1.54, 1.807) is 13.8 Å². The summed E-state index contributed by atoms with van der Waals surface area (Å²) in [6.45, 7) is 3.78. The summed E-state index contributed by atoms with van der Waals surface area (Å²) < 4.78 is 4.76. The van der Waals surface area contributed by atoms with Crippen LogP contribution in [0.4, 0.5) is 0 Å². The van der Waals surface area contributed by atoms with E-state index in [1.165, 1.54) is 36.0 Å². The van der Waals surface area contributed by atoms with Crippen molar-refractivity contribution in [3.8, 4) is 11.5 Å². The molecule has 2 N–H and O–H groups in total. The third-order valence-electron chi connectivity index (χ3n) is 1.82. The third kappa shape index (κ3) is 4.40. The molecular formula is C12H14O4S.